The number of aromatic nitrogens is 1. The number of esters is 1. The summed E-state index contributed by atoms with van der Waals surface area (Å²) in [6, 6.07) is 15.7. The zero-order valence-electron chi connectivity index (χ0n) is 24.1. The Balaban J connectivity index is 0.00000337. The van der Waals surface area contributed by atoms with Crippen LogP contribution in [0.4, 0.5) is 11.4 Å². The maximum Gasteiger partial charge on any atom is 0.323 e. The van der Waals surface area contributed by atoms with E-state index in [0.29, 0.717) is 11.3 Å². The van der Waals surface area contributed by atoms with Crippen LogP contribution in [0.15, 0.2) is 73.1 Å². The normalized spacial score (nSPS) is 13.5. The van der Waals surface area contributed by atoms with E-state index < -0.39 is 21.7 Å². The molecule has 14 heteroatoms. The Kier molecular flexibility index (Phi) is 14.3. The number of ether oxygens (including phenoxy) is 2. The quantitative estimate of drug-likeness (QED) is 0.149. The third kappa shape index (κ3) is 10.0. The molecule has 1 aliphatic heterocycles. The van der Waals surface area contributed by atoms with Gasteiger partial charge < -0.3 is 20.1 Å². The minimum absolute atomic E-state index is 0. The highest BCUT2D eigenvalue weighted by molar-refractivity contribution is 7.93. The molecule has 1 fully saturated rings. The average Bonchev–Trinajstić information content (AvgIpc) is 2.97. The first-order valence-electron chi connectivity index (χ1n) is 13.5. The van der Waals surface area contributed by atoms with Crippen LogP contribution < -0.4 is 19.7 Å². The standard InChI is InChI=1S/C30H34ClN5O5S.2ClH/c1-2-40-29(37)21-42(38,39)36(15-5-7-22-6-3-8-23(18-22)30(32)33)24-10-11-28(27(31)19-24)41-26-12-16-35(17-13-26)25-9-4-14-34-20-25;;/h3-11,14,18-20,26H,2,12-13,15-17,21H2,1H3,(H3,32,33);2*1H/b7-5+;;. The predicted octanol–water partition coefficient (Wildman–Crippen LogP) is 5.32. The van der Waals surface area contributed by atoms with Crippen molar-refractivity contribution < 1.29 is 22.7 Å². The van der Waals surface area contributed by atoms with E-state index in [1.807, 2.05) is 24.4 Å². The van der Waals surface area contributed by atoms with E-state index in [1.165, 1.54) is 6.07 Å². The van der Waals surface area contributed by atoms with Gasteiger partial charge in [-0.05, 0) is 48.9 Å². The van der Waals surface area contributed by atoms with Crippen molar-refractivity contribution in [2.24, 2.45) is 5.73 Å². The van der Waals surface area contributed by atoms with Gasteiger partial charge in [-0.25, -0.2) is 8.42 Å². The van der Waals surface area contributed by atoms with Crippen molar-refractivity contribution >= 4 is 75.7 Å². The third-order valence-electron chi connectivity index (χ3n) is 6.67. The SMILES string of the molecule is CCOC(=O)CS(=O)(=O)N(C/C=C/c1cccc(C(=N)N)c1)c1ccc(OC2CCN(c3cccnc3)CC2)c(Cl)c1.Cl.Cl. The molecule has 0 bridgehead atoms. The molecule has 2 heterocycles. The zero-order chi connectivity index (χ0) is 30.1. The fourth-order valence-corrected chi connectivity index (χ4v) is 6.10. The number of hydrogen-bond donors (Lipinski definition) is 2. The lowest BCUT2D eigenvalue weighted by atomic mass is 10.1. The van der Waals surface area contributed by atoms with Crippen LogP contribution in [0.2, 0.25) is 5.02 Å². The van der Waals surface area contributed by atoms with Crippen LogP contribution in [0, 0.1) is 5.41 Å². The molecule has 1 aromatic heterocycles. The third-order valence-corrected chi connectivity index (χ3v) is 8.60. The van der Waals surface area contributed by atoms with Crippen molar-refractivity contribution in [3.8, 4) is 5.75 Å². The van der Waals surface area contributed by atoms with E-state index in [9.17, 15) is 13.2 Å². The van der Waals surface area contributed by atoms with Gasteiger partial charge in [0.25, 0.3) is 0 Å². The van der Waals surface area contributed by atoms with Crippen LogP contribution in [0.1, 0.15) is 30.9 Å². The van der Waals surface area contributed by atoms with E-state index in [1.54, 1.807) is 55.6 Å². The van der Waals surface area contributed by atoms with E-state index in [4.69, 9.17) is 32.2 Å². The maximum atomic E-state index is 13.3. The van der Waals surface area contributed by atoms with Crippen molar-refractivity contribution in [1.82, 2.24) is 4.98 Å². The number of carbonyl (C=O) groups excluding carboxylic acids is 1. The molecule has 2 aromatic carbocycles. The lowest BCUT2D eigenvalue weighted by molar-refractivity contribution is -0.139. The van der Waals surface area contributed by atoms with Gasteiger partial charge in [0.15, 0.2) is 5.75 Å². The Hall–Kier alpha value is -3.51. The number of anilines is 2. The Bertz CT molecular complexity index is 1540. The van der Waals surface area contributed by atoms with Crippen molar-refractivity contribution in [2.45, 2.75) is 25.9 Å². The second-order valence-corrected chi connectivity index (χ2v) is 12.0. The van der Waals surface area contributed by atoms with Crippen LogP contribution in [0.3, 0.4) is 0 Å². The molecular formula is C30H36Cl3N5O5S. The summed E-state index contributed by atoms with van der Waals surface area (Å²) in [7, 11) is -4.12. The molecule has 0 atom stereocenters. The molecule has 0 saturated carbocycles. The van der Waals surface area contributed by atoms with Gasteiger partial charge in [0, 0.05) is 37.7 Å². The largest absolute Gasteiger partial charge is 0.489 e. The summed E-state index contributed by atoms with van der Waals surface area (Å²) < 4.78 is 38.8. The van der Waals surface area contributed by atoms with Crippen molar-refractivity contribution in [2.75, 3.05) is 41.2 Å². The number of nitrogens with two attached hydrogens (primary N) is 1. The molecule has 3 N–H and O–H groups in total. The number of sulfonamides is 1. The molecule has 238 valence electrons. The highest BCUT2D eigenvalue weighted by Gasteiger charge is 2.27. The van der Waals surface area contributed by atoms with Crippen LogP contribution in [0.5, 0.6) is 5.75 Å². The summed E-state index contributed by atoms with van der Waals surface area (Å²) in [6.07, 6.45) is 8.51. The fraction of sp³-hybridized carbons (Fsp3) is 0.300. The van der Waals surface area contributed by atoms with Crippen LogP contribution in [-0.2, 0) is 19.6 Å². The van der Waals surface area contributed by atoms with Gasteiger partial charge in [0.2, 0.25) is 10.0 Å². The van der Waals surface area contributed by atoms with E-state index >= 15 is 0 Å². The number of hydrogen-bond acceptors (Lipinski definition) is 8. The number of nitrogens with one attached hydrogen (secondary N) is 1. The maximum absolute atomic E-state index is 13.3. The number of rotatable bonds is 12. The Morgan fingerprint density at radius 1 is 1.16 bits per heavy atom. The van der Waals surface area contributed by atoms with Crippen LogP contribution in [0.25, 0.3) is 6.08 Å². The zero-order valence-corrected chi connectivity index (χ0v) is 27.3. The van der Waals surface area contributed by atoms with E-state index in [2.05, 4.69) is 9.88 Å². The van der Waals surface area contributed by atoms with Gasteiger partial charge in [-0.3, -0.25) is 19.5 Å². The fourth-order valence-electron chi connectivity index (χ4n) is 4.60. The van der Waals surface area contributed by atoms with Crippen LogP contribution in [-0.4, -0.2) is 63.3 Å². The summed E-state index contributed by atoms with van der Waals surface area (Å²) in [6.45, 7) is 3.23. The highest BCUT2D eigenvalue weighted by Crippen LogP contribution is 2.33. The van der Waals surface area contributed by atoms with E-state index in [0.717, 1.165) is 41.5 Å². The molecule has 0 amide bonds. The second kappa shape index (κ2) is 17.1. The molecule has 10 nitrogen and oxygen atoms in total. The first-order valence-corrected chi connectivity index (χ1v) is 15.5. The first kappa shape index (κ1) is 36.7. The number of halogens is 3. The molecule has 44 heavy (non-hydrogen) atoms. The summed E-state index contributed by atoms with van der Waals surface area (Å²) >= 11 is 6.59. The van der Waals surface area contributed by atoms with Gasteiger partial charge >= 0.3 is 5.97 Å². The number of pyridine rings is 1. The van der Waals surface area contributed by atoms with Gasteiger partial charge in [-0.15, -0.1) is 24.8 Å². The monoisotopic (exact) mass is 683 g/mol. The summed E-state index contributed by atoms with van der Waals surface area (Å²) in [4.78, 5) is 18.6. The summed E-state index contributed by atoms with van der Waals surface area (Å²) in [5.41, 5.74) is 8.22. The molecule has 1 saturated heterocycles. The Morgan fingerprint density at radius 3 is 2.55 bits per heavy atom. The molecule has 0 aliphatic carbocycles. The molecule has 0 spiro atoms. The minimum Gasteiger partial charge on any atom is -0.489 e. The number of nitrogen functional groups attached to an aromatic ring is 1. The smallest absolute Gasteiger partial charge is 0.323 e. The molecule has 4 rings (SSSR count). The molecule has 0 radical (unpaired) electrons. The number of carbonyl (C=O) groups is 1. The number of benzene rings is 2. The van der Waals surface area contributed by atoms with E-state index in [-0.39, 0.29) is 60.6 Å². The molecular weight excluding hydrogens is 649 g/mol. The summed E-state index contributed by atoms with van der Waals surface area (Å²) in [5, 5.41) is 7.89. The molecule has 1 aliphatic rings. The van der Waals surface area contributed by atoms with Crippen molar-refractivity contribution in [3.63, 3.8) is 0 Å². The summed E-state index contributed by atoms with van der Waals surface area (Å²) in [5.74, 6) is -1.27. The predicted molar refractivity (Wildman–Crippen MR) is 180 cm³/mol. The van der Waals surface area contributed by atoms with Crippen LogP contribution >= 0.6 is 36.4 Å². The second-order valence-electron chi connectivity index (χ2n) is 9.66. The average molecular weight is 685 g/mol. The molecule has 3 aromatic rings. The van der Waals surface area contributed by atoms with Gasteiger partial charge in [0.1, 0.15) is 17.7 Å². The number of nitrogens with zero attached hydrogens (tertiary/aromatic N) is 3. The van der Waals surface area contributed by atoms with Crippen molar-refractivity contribution in [3.05, 3.63) is 89.2 Å². The molecule has 0 unspecified atom stereocenters. The number of amidine groups is 1. The first-order chi connectivity index (χ1) is 20.2. The van der Waals surface area contributed by atoms with Crippen molar-refractivity contribution in [1.29, 1.82) is 5.41 Å². The van der Waals surface area contributed by atoms with Gasteiger partial charge in [0.05, 0.1) is 35.7 Å². The topological polar surface area (TPSA) is 139 Å². The lowest BCUT2D eigenvalue weighted by Crippen LogP contribution is -2.38. The highest BCUT2D eigenvalue weighted by atomic mass is 35.5. The lowest BCUT2D eigenvalue weighted by Gasteiger charge is -2.33. The number of piperidine rings is 1. The van der Waals surface area contributed by atoms with Gasteiger partial charge in [-0.2, -0.15) is 0 Å². The minimum atomic E-state index is -4.12. The Morgan fingerprint density at radius 2 is 1.91 bits per heavy atom. The van der Waals surface area contributed by atoms with Gasteiger partial charge in [-0.1, -0.05) is 42.0 Å². The Labute approximate surface area is 275 Å².